The van der Waals surface area contributed by atoms with Gasteiger partial charge in [0.2, 0.25) is 5.91 Å². The summed E-state index contributed by atoms with van der Waals surface area (Å²) in [6.07, 6.45) is 6.11. The molecule has 0 saturated heterocycles. The van der Waals surface area contributed by atoms with E-state index in [1.165, 1.54) is 19.3 Å². The second kappa shape index (κ2) is 7.63. The minimum Gasteiger partial charge on any atom is -0.370 e. The van der Waals surface area contributed by atoms with Gasteiger partial charge in [-0.05, 0) is 19.8 Å². The van der Waals surface area contributed by atoms with Crippen LogP contribution < -0.4 is 5.73 Å². The van der Waals surface area contributed by atoms with Gasteiger partial charge in [-0.15, -0.1) is 0 Å². The summed E-state index contributed by atoms with van der Waals surface area (Å²) in [6, 6.07) is 0.438. The van der Waals surface area contributed by atoms with Crippen LogP contribution in [-0.4, -0.2) is 43.2 Å². The Kier molecular flexibility index (Phi) is 6.42. The Morgan fingerprint density at radius 3 is 2.62 bits per heavy atom. The van der Waals surface area contributed by atoms with Gasteiger partial charge in [-0.1, -0.05) is 19.3 Å². The number of carbonyl (C=O) groups excluding carboxylic acids is 1. The van der Waals surface area contributed by atoms with Crippen LogP contribution in [0.4, 0.5) is 0 Å². The Balaban J connectivity index is 2.35. The third kappa shape index (κ3) is 4.10. The number of hydrogen-bond donors (Lipinski definition) is 1. The fourth-order valence-corrected chi connectivity index (χ4v) is 2.36. The molecule has 0 spiro atoms. The predicted molar refractivity (Wildman–Crippen MR) is 64.1 cm³/mol. The number of nitrogens with two attached hydrogens (primary N) is 1. The van der Waals surface area contributed by atoms with E-state index in [4.69, 9.17) is 10.5 Å². The molecular weight excluding hydrogens is 204 g/mol. The molecule has 4 heteroatoms. The number of hydrogen-bond acceptors (Lipinski definition) is 3. The first kappa shape index (κ1) is 13.5. The maximum Gasteiger partial charge on any atom is 0.248 e. The normalized spacial score (nSPS) is 17.4. The van der Waals surface area contributed by atoms with Crippen LogP contribution in [0.3, 0.4) is 0 Å². The first-order valence-electron chi connectivity index (χ1n) is 6.36. The van der Waals surface area contributed by atoms with Gasteiger partial charge in [-0.2, -0.15) is 0 Å². The molecule has 0 unspecified atom stereocenters. The molecule has 0 radical (unpaired) electrons. The molecule has 1 fully saturated rings. The van der Waals surface area contributed by atoms with E-state index in [2.05, 4.69) is 0 Å². The van der Waals surface area contributed by atoms with Crippen molar-refractivity contribution >= 4 is 5.91 Å². The lowest BCUT2D eigenvalue weighted by Gasteiger charge is -2.33. The van der Waals surface area contributed by atoms with Gasteiger partial charge in [0, 0.05) is 19.1 Å². The van der Waals surface area contributed by atoms with Crippen molar-refractivity contribution in [1.82, 2.24) is 4.90 Å². The predicted octanol–water partition coefficient (Wildman–Crippen LogP) is 1.14. The molecule has 1 aliphatic rings. The Bertz CT molecular complexity index is 203. The summed E-state index contributed by atoms with van der Waals surface area (Å²) in [4.78, 5) is 13.9. The topological polar surface area (TPSA) is 55.6 Å². The summed E-state index contributed by atoms with van der Waals surface area (Å²) in [5.74, 6) is 0.114. The Morgan fingerprint density at radius 1 is 1.38 bits per heavy atom. The summed E-state index contributed by atoms with van der Waals surface area (Å²) in [7, 11) is 0. The molecule has 1 aliphatic carbocycles. The lowest BCUT2D eigenvalue weighted by atomic mass is 9.94. The monoisotopic (exact) mass is 228 g/mol. The van der Waals surface area contributed by atoms with Gasteiger partial charge in [0.1, 0.15) is 6.61 Å². The van der Waals surface area contributed by atoms with Crippen molar-refractivity contribution in [3.05, 3.63) is 0 Å². The van der Waals surface area contributed by atoms with E-state index in [0.717, 1.165) is 19.4 Å². The molecule has 0 aromatic heterocycles. The van der Waals surface area contributed by atoms with Gasteiger partial charge in [0.25, 0.3) is 0 Å². The standard InChI is InChI=1S/C12H24N2O2/c1-2-14(11-6-4-3-5-7-11)12(15)10-16-9-8-13/h11H,2-10,13H2,1H3. The highest BCUT2D eigenvalue weighted by Gasteiger charge is 2.23. The van der Waals surface area contributed by atoms with E-state index in [-0.39, 0.29) is 12.5 Å². The number of ether oxygens (including phenoxy) is 1. The van der Waals surface area contributed by atoms with Crippen LogP contribution in [-0.2, 0) is 9.53 Å². The number of rotatable bonds is 6. The quantitative estimate of drug-likeness (QED) is 0.694. The van der Waals surface area contributed by atoms with Crippen LogP contribution >= 0.6 is 0 Å². The van der Waals surface area contributed by atoms with E-state index in [0.29, 0.717) is 19.2 Å². The highest BCUT2D eigenvalue weighted by molar-refractivity contribution is 5.77. The SMILES string of the molecule is CCN(C(=O)COCCN)C1CCCCC1. The number of likely N-dealkylation sites (N-methyl/N-ethyl adjacent to an activating group) is 1. The second-order valence-corrected chi connectivity index (χ2v) is 4.31. The summed E-state index contributed by atoms with van der Waals surface area (Å²) >= 11 is 0. The molecule has 1 amide bonds. The van der Waals surface area contributed by atoms with Crippen LogP contribution in [0.15, 0.2) is 0 Å². The molecule has 0 aromatic carbocycles. The van der Waals surface area contributed by atoms with Gasteiger partial charge >= 0.3 is 0 Å². The Labute approximate surface area is 98.1 Å². The van der Waals surface area contributed by atoms with Gasteiger partial charge in [-0.3, -0.25) is 4.79 Å². The molecule has 0 aliphatic heterocycles. The highest BCUT2D eigenvalue weighted by atomic mass is 16.5. The molecule has 0 aromatic rings. The second-order valence-electron chi connectivity index (χ2n) is 4.31. The molecule has 2 N–H and O–H groups in total. The van der Waals surface area contributed by atoms with Crippen LogP contribution in [0.1, 0.15) is 39.0 Å². The van der Waals surface area contributed by atoms with Crippen LogP contribution in [0.2, 0.25) is 0 Å². The smallest absolute Gasteiger partial charge is 0.248 e. The van der Waals surface area contributed by atoms with Crippen molar-refractivity contribution in [2.45, 2.75) is 45.1 Å². The fourth-order valence-electron chi connectivity index (χ4n) is 2.36. The molecule has 0 bridgehead atoms. The molecule has 0 atom stereocenters. The Hall–Kier alpha value is -0.610. The molecule has 0 heterocycles. The van der Waals surface area contributed by atoms with E-state index >= 15 is 0 Å². The minimum absolute atomic E-state index is 0.114. The summed E-state index contributed by atoms with van der Waals surface area (Å²) in [5.41, 5.74) is 5.32. The van der Waals surface area contributed by atoms with Crippen molar-refractivity contribution in [2.75, 3.05) is 26.3 Å². The first-order chi connectivity index (χ1) is 7.79. The fraction of sp³-hybridized carbons (Fsp3) is 0.917. The third-order valence-corrected chi connectivity index (χ3v) is 3.16. The van der Waals surface area contributed by atoms with Crippen molar-refractivity contribution < 1.29 is 9.53 Å². The average Bonchev–Trinajstić information content (AvgIpc) is 2.32. The zero-order valence-electron chi connectivity index (χ0n) is 10.3. The molecule has 4 nitrogen and oxygen atoms in total. The van der Waals surface area contributed by atoms with Crippen LogP contribution in [0.25, 0.3) is 0 Å². The average molecular weight is 228 g/mol. The number of nitrogens with zero attached hydrogens (tertiary/aromatic N) is 1. The van der Waals surface area contributed by atoms with Crippen molar-refractivity contribution in [3.8, 4) is 0 Å². The molecular formula is C12H24N2O2. The summed E-state index contributed by atoms with van der Waals surface area (Å²) in [5, 5.41) is 0. The summed E-state index contributed by atoms with van der Waals surface area (Å²) < 4.78 is 5.20. The maximum absolute atomic E-state index is 11.9. The van der Waals surface area contributed by atoms with E-state index < -0.39 is 0 Å². The van der Waals surface area contributed by atoms with E-state index in [1.807, 2.05) is 11.8 Å². The van der Waals surface area contributed by atoms with Crippen molar-refractivity contribution in [3.63, 3.8) is 0 Å². The molecule has 94 valence electrons. The molecule has 1 rings (SSSR count). The van der Waals surface area contributed by atoms with Crippen LogP contribution in [0, 0.1) is 0 Å². The number of amides is 1. The van der Waals surface area contributed by atoms with E-state index in [1.54, 1.807) is 0 Å². The maximum atomic E-state index is 11.9. The number of carbonyl (C=O) groups is 1. The summed E-state index contributed by atoms with van der Waals surface area (Å²) in [6.45, 7) is 3.95. The third-order valence-electron chi connectivity index (χ3n) is 3.16. The van der Waals surface area contributed by atoms with Crippen molar-refractivity contribution in [2.24, 2.45) is 5.73 Å². The zero-order valence-corrected chi connectivity index (χ0v) is 10.3. The van der Waals surface area contributed by atoms with Gasteiger partial charge in [0.15, 0.2) is 0 Å². The lowest BCUT2D eigenvalue weighted by molar-refractivity contribution is -0.138. The minimum atomic E-state index is 0.114. The molecule has 1 saturated carbocycles. The Morgan fingerprint density at radius 2 is 2.06 bits per heavy atom. The van der Waals surface area contributed by atoms with Gasteiger partial charge in [-0.25, -0.2) is 0 Å². The van der Waals surface area contributed by atoms with Gasteiger partial charge < -0.3 is 15.4 Å². The van der Waals surface area contributed by atoms with Crippen molar-refractivity contribution in [1.29, 1.82) is 0 Å². The van der Waals surface area contributed by atoms with Gasteiger partial charge in [0.05, 0.1) is 6.61 Å². The highest BCUT2D eigenvalue weighted by Crippen LogP contribution is 2.22. The lowest BCUT2D eigenvalue weighted by Crippen LogP contribution is -2.43. The first-order valence-corrected chi connectivity index (χ1v) is 6.36. The van der Waals surface area contributed by atoms with Crippen LogP contribution in [0.5, 0.6) is 0 Å². The van der Waals surface area contributed by atoms with E-state index in [9.17, 15) is 4.79 Å². The molecule has 16 heavy (non-hydrogen) atoms. The largest absolute Gasteiger partial charge is 0.370 e. The zero-order chi connectivity index (χ0) is 11.8.